The van der Waals surface area contributed by atoms with Crippen LogP contribution in [0.5, 0.6) is 0 Å². The Bertz CT molecular complexity index is 560. The van der Waals surface area contributed by atoms with Gasteiger partial charge in [0.2, 0.25) is 0 Å². The number of benzene rings is 1. The molecule has 1 aromatic rings. The van der Waals surface area contributed by atoms with E-state index in [0.717, 1.165) is 12.1 Å². The molecule has 0 heterocycles. The molecule has 114 valence electrons. The van der Waals surface area contributed by atoms with Crippen molar-refractivity contribution in [3.63, 3.8) is 0 Å². The molecule has 2 rings (SSSR count). The van der Waals surface area contributed by atoms with Gasteiger partial charge in [-0.05, 0) is 31.4 Å². The van der Waals surface area contributed by atoms with Gasteiger partial charge in [0, 0.05) is 6.04 Å². The van der Waals surface area contributed by atoms with Gasteiger partial charge >= 0.3 is 12.0 Å². The Morgan fingerprint density at radius 2 is 1.86 bits per heavy atom. The predicted octanol–water partition coefficient (Wildman–Crippen LogP) is 3.51. The maximum Gasteiger partial charge on any atom is 0.319 e. The zero-order chi connectivity index (χ0) is 15.6. The van der Waals surface area contributed by atoms with E-state index in [1.54, 1.807) is 0 Å². The van der Waals surface area contributed by atoms with Gasteiger partial charge in [-0.25, -0.2) is 9.18 Å². The average molecular weight is 335 g/mol. The van der Waals surface area contributed by atoms with Crippen LogP contribution in [-0.2, 0) is 4.79 Å². The number of aliphatic carboxylic acids is 1. The number of rotatable bonds is 3. The third kappa shape index (κ3) is 3.98. The minimum atomic E-state index is -0.857. The Kier molecular flexibility index (Phi) is 4.90. The van der Waals surface area contributed by atoms with Gasteiger partial charge in [0.1, 0.15) is 5.82 Å². The van der Waals surface area contributed by atoms with Crippen molar-refractivity contribution in [3.05, 3.63) is 28.0 Å². The molecule has 21 heavy (non-hydrogen) atoms. The molecular weight excluding hydrogens is 322 g/mol. The molecule has 1 aliphatic carbocycles. The molecular formula is C13H13Cl2FN2O3. The van der Waals surface area contributed by atoms with Crippen molar-refractivity contribution in [2.24, 2.45) is 5.92 Å². The summed E-state index contributed by atoms with van der Waals surface area (Å²) in [5.74, 6) is -1.89. The number of carbonyl (C=O) groups is 2. The number of amides is 2. The molecule has 0 aliphatic heterocycles. The fraction of sp³-hybridized carbons (Fsp3) is 0.385. The Balaban J connectivity index is 1.96. The summed E-state index contributed by atoms with van der Waals surface area (Å²) in [6.07, 6.45) is 1.50. The molecule has 1 fully saturated rings. The van der Waals surface area contributed by atoms with E-state index in [4.69, 9.17) is 28.3 Å². The molecule has 0 spiro atoms. The summed E-state index contributed by atoms with van der Waals surface area (Å²) in [7, 11) is 0. The van der Waals surface area contributed by atoms with Crippen LogP contribution in [0, 0.1) is 11.7 Å². The van der Waals surface area contributed by atoms with Crippen LogP contribution in [-0.4, -0.2) is 23.1 Å². The average Bonchev–Trinajstić information content (AvgIpc) is 2.82. The molecule has 2 atom stereocenters. The van der Waals surface area contributed by atoms with Crippen molar-refractivity contribution in [1.82, 2.24) is 5.32 Å². The molecule has 0 unspecified atom stereocenters. The Hall–Kier alpha value is -1.53. The van der Waals surface area contributed by atoms with E-state index in [9.17, 15) is 14.0 Å². The molecule has 1 saturated carbocycles. The minimum absolute atomic E-state index is 0.00927. The van der Waals surface area contributed by atoms with Gasteiger partial charge in [-0.3, -0.25) is 4.79 Å². The van der Waals surface area contributed by atoms with E-state index in [-0.39, 0.29) is 21.8 Å². The van der Waals surface area contributed by atoms with Crippen molar-refractivity contribution >= 4 is 40.9 Å². The quantitative estimate of drug-likeness (QED) is 0.791. The van der Waals surface area contributed by atoms with E-state index in [0.29, 0.717) is 19.3 Å². The summed E-state index contributed by atoms with van der Waals surface area (Å²) < 4.78 is 13.0. The van der Waals surface area contributed by atoms with E-state index >= 15 is 0 Å². The highest BCUT2D eigenvalue weighted by molar-refractivity contribution is 6.39. The first-order valence-electron chi connectivity index (χ1n) is 6.31. The van der Waals surface area contributed by atoms with Crippen LogP contribution in [0.3, 0.4) is 0 Å². The van der Waals surface area contributed by atoms with Crippen LogP contribution in [0.25, 0.3) is 0 Å². The van der Waals surface area contributed by atoms with Crippen LogP contribution in [0.15, 0.2) is 12.1 Å². The molecule has 3 N–H and O–H groups in total. The monoisotopic (exact) mass is 334 g/mol. The SMILES string of the molecule is O=C(Nc1c(Cl)cc(F)cc1Cl)N[C@H]1CC[C@@H](C(=O)O)C1. The Morgan fingerprint density at radius 3 is 2.38 bits per heavy atom. The number of anilines is 1. The van der Waals surface area contributed by atoms with Crippen LogP contribution in [0.2, 0.25) is 10.0 Å². The molecule has 0 saturated heterocycles. The highest BCUT2D eigenvalue weighted by Crippen LogP contribution is 2.31. The highest BCUT2D eigenvalue weighted by Gasteiger charge is 2.30. The number of carboxylic acids is 1. The summed E-state index contributed by atoms with van der Waals surface area (Å²) in [4.78, 5) is 22.7. The van der Waals surface area contributed by atoms with Crippen molar-refractivity contribution in [2.75, 3.05) is 5.32 Å². The lowest BCUT2D eigenvalue weighted by molar-refractivity contribution is -0.141. The first-order valence-corrected chi connectivity index (χ1v) is 7.07. The minimum Gasteiger partial charge on any atom is -0.481 e. The summed E-state index contributed by atoms with van der Waals surface area (Å²) in [5.41, 5.74) is 0.116. The largest absolute Gasteiger partial charge is 0.481 e. The number of carboxylic acid groups (broad SMARTS) is 1. The zero-order valence-corrected chi connectivity index (χ0v) is 12.3. The normalized spacial score (nSPS) is 21.1. The first kappa shape index (κ1) is 15.9. The van der Waals surface area contributed by atoms with Crippen LogP contribution >= 0.6 is 23.2 Å². The lowest BCUT2D eigenvalue weighted by Crippen LogP contribution is -2.36. The number of halogens is 3. The molecule has 0 bridgehead atoms. The smallest absolute Gasteiger partial charge is 0.319 e. The van der Waals surface area contributed by atoms with Crippen LogP contribution < -0.4 is 10.6 Å². The van der Waals surface area contributed by atoms with Gasteiger partial charge in [0.05, 0.1) is 21.7 Å². The summed E-state index contributed by atoms with van der Waals surface area (Å²) in [6.45, 7) is 0. The Morgan fingerprint density at radius 1 is 1.24 bits per heavy atom. The summed E-state index contributed by atoms with van der Waals surface area (Å²) in [5, 5.41) is 14.0. The fourth-order valence-corrected chi connectivity index (χ4v) is 2.89. The van der Waals surface area contributed by atoms with Gasteiger partial charge in [0.25, 0.3) is 0 Å². The van der Waals surface area contributed by atoms with E-state index in [2.05, 4.69) is 10.6 Å². The summed E-state index contributed by atoms with van der Waals surface area (Å²) >= 11 is 11.6. The van der Waals surface area contributed by atoms with E-state index < -0.39 is 23.7 Å². The second-order valence-corrected chi connectivity index (χ2v) is 5.70. The lowest BCUT2D eigenvalue weighted by Gasteiger charge is -2.15. The lowest BCUT2D eigenvalue weighted by atomic mass is 10.1. The predicted molar refractivity (Wildman–Crippen MR) is 77.3 cm³/mol. The fourth-order valence-electron chi connectivity index (χ4n) is 2.33. The third-order valence-corrected chi connectivity index (χ3v) is 3.96. The van der Waals surface area contributed by atoms with E-state index in [1.807, 2.05) is 0 Å². The number of urea groups is 1. The zero-order valence-electron chi connectivity index (χ0n) is 10.8. The second kappa shape index (κ2) is 6.49. The van der Waals surface area contributed by atoms with Gasteiger partial charge in [-0.15, -0.1) is 0 Å². The molecule has 1 aromatic carbocycles. The summed E-state index contributed by atoms with van der Waals surface area (Å²) in [6, 6.07) is 1.31. The number of hydrogen-bond donors (Lipinski definition) is 3. The van der Waals surface area contributed by atoms with Crippen molar-refractivity contribution < 1.29 is 19.1 Å². The first-order chi connectivity index (χ1) is 9.86. The Labute approximate surface area is 130 Å². The number of hydrogen-bond acceptors (Lipinski definition) is 2. The maximum atomic E-state index is 13.0. The van der Waals surface area contributed by atoms with Gasteiger partial charge in [-0.2, -0.15) is 0 Å². The van der Waals surface area contributed by atoms with Crippen molar-refractivity contribution in [1.29, 1.82) is 0 Å². The number of carbonyl (C=O) groups excluding carboxylic acids is 1. The van der Waals surface area contributed by atoms with Gasteiger partial charge in [-0.1, -0.05) is 23.2 Å². The maximum absolute atomic E-state index is 13.0. The molecule has 1 aliphatic rings. The molecule has 2 amide bonds. The van der Waals surface area contributed by atoms with Gasteiger partial charge in [0.15, 0.2) is 0 Å². The second-order valence-electron chi connectivity index (χ2n) is 4.89. The highest BCUT2D eigenvalue weighted by atomic mass is 35.5. The van der Waals surface area contributed by atoms with Crippen LogP contribution in [0.1, 0.15) is 19.3 Å². The van der Waals surface area contributed by atoms with Crippen molar-refractivity contribution in [2.45, 2.75) is 25.3 Å². The van der Waals surface area contributed by atoms with E-state index in [1.165, 1.54) is 0 Å². The topological polar surface area (TPSA) is 78.4 Å². The number of nitrogens with one attached hydrogen (secondary N) is 2. The molecule has 5 nitrogen and oxygen atoms in total. The van der Waals surface area contributed by atoms with Crippen LogP contribution in [0.4, 0.5) is 14.9 Å². The standard InChI is InChI=1S/C13H13Cl2FN2O3/c14-9-4-7(16)5-10(15)11(9)18-13(21)17-8-2-1-6(3-8)12(19)20/h4-6,8H,1-3H2,(H,19,20)(H2,17,18,21)/t6-,8+/m1/s1. The third-order valence-electron chi connectivity index (χ3n) is 3.36. The van der Waals surface area contributed by atoms with Crippen molar-refractivity contribution in [3.8, 4) is 0 Å². The molecule has 0 radical (unpaired) electrons. The van der Waals surface area contributed by atoms with Gasteiger partial charge < -0.3 is 15.7 Å². The molecule has 0 aromatic heterocycles. The molecule has 8 heteroatoms.